The third-order valence-corrected chi connectivity index (χ3v) is 4.00. The predicted octanol–water partition coefficient (Wildman–Crippen LogP) is 1.76. The molecule has 0 aliphatic carbocycles. The Morgan fingerprint density at radius 3 is 2.43 bits per heavy atom. The molecule has 0 heterocycles. The van der Waals surface area contributed by atoms with Crippen molar-refractivity contribution in [3.8, 4) is 0 Å². The lowest BCUT2D eigenvalue weighted by Gasteiger charge is -2.04. The van der Waals surface area contributed by atoms with Gasteiger partial charge in [0, 0.05) is 5.02 Å². The molecule has 0 unspecified atom stereocenters. The Balaban J connectivity index is 3.20. The highest BCUT2D eigenvalue weighted by Crippen LogP contribution is 2.25. The van der Waals surface area contributed by atoms with Crippen LogP contribution in [0.1, 0.15) is 0 Å². The number of benzene rings is 1. The summed E-state index contributed by atoms with van der Waals surface area (Å²) < 4.78 is 23.0. The van der Waals surface area contributed by atoms with Gasteiger partial charge in [-0.25, -0.2) is 8.42 Å². The van der Waals surface area contributed by atoms with Gasteiger partial charge in [-0.1, -0.05) is 23.2 Å². The van der Waals surface area contributed by atoms with Crippen LogP contribution >= 0.6 is 23.2 Å². The molecular weight excluding hydrogens is 247 g/mol. The summed E-state index contributed by atoms with van der Waals surface area (Å²) in [6.07, 6.45) is 0. The van der Waals surface area contributed by atoms with Crippen molar-refractivity contribution in [2.45, 2.75) is 4.90 Å². The van der Waals surface area contributed by atoms with Crippen LogP contribution in [0.25, 0.3) is 0 Å². The minimum absolute atomic E-state index is 0.00221. The molecule has 0 bridgehead atoms. The fourth-order valence-corrected chi connectivity index (χ4v) is 2.81. The number of aliphatic hydroxyl groups is 1. The summed E-state index contributed by atoms with van der Waals surface area (Å²) in [7, 11) is -3.50. The van der Waals surface area contributed by atoms with Crippen LogP contribution in [0.3, 0.4) is 0 Å². The molecule has 1 aromatic carbocycles. The van der Waals surface area contributed by atoms with E-state index in [1.807, 2.05) is 0 Å². The van der Waals surface area contributed by atoms with Gasteiger partial charge in [-0.3, -0.25) is 0 Å². The molecule has 3 nitrogen and oxygen atoms in total. The molecule has 0 spiro atoms. The molecule has 0 atom stereocenters. The van der Waals surface area contributed by atoms with Gasteiger partial charge in [0.05, 0.1) is 22.3 Å². The number of sulfone groups is 1. The Morgan fingerprint density at radius 2 is 1.93 bits per heavy atom. The summed E-state index contributed by atoms with van der Waals surface area (Å²) in [5.74, 6) is -0.339. The van der Waals surface area contributed by atoms with Crippen molar-refractivity contribution in [2.24, 2.45) is 0 Å². The highest BCUT2D eigenvalue weighted by atomic mass is 35.5. The van der Waals surface area contributed by atoms with E-state index in [2.05, 4.69) is 0 Å². The second-order valence-electron chi connectivity index (χ2n) is 2.62. The van der Waals surface area contributed by atoms with Crippen LogP contribution in [-0.2, 0) is 9.84 Å². The maximum atomic E-state index is 11.5. The molecule has 1 rings (SSSR count). The van der Waals surface area contributed by atoms with Crippen LogP contribution in [0.4, 0.5) is 0 Å². The molecule has 0 radical (unpaired) electrons. The van der Waals surface area contributed by atoms with E-state index in [0.29, 0.717) is 5.02 Å². The van der Waals surface area contributed by atoms with Gasteiger partial charge in [-0.05, 0) is 18.2 Å². The molecule has 0 aromatic heterocycles. The van der Waals surface area contributed by atoms with Crippen LogP contribution < -0.4 is 0 Å². The fraction of sp³-hybridized carbons (Fsp3) is 0.250. The molecule has 14 heavy (non-hydrogen) atoms. The van der Waals surface area contributed by atoms with Crippen molar-refractivity contribution >= 4 is 33.0 Å². The Labute approximate surface area is 92.2 Å². The molecule has 78 valence electrons. The van der Waals surface area contributed by atoms with Gasteiger partial charge in [0.15, 0.2) is 9.84 Å². The van der Waals surface area contributed by atoms with E-state index < -0.39 is 16.4 Å². The summed E-state index contributed by atoms with van der Waals surface area (Å²) in [6.45, 7) is -0.429. The molecule has 0 saturated carbocycles. The van der Waals surface area contributed by atoms with Crippen molar-refractivity contribution in [1.29, 1.82) is 0 Å². The number of halogens is 2. The number of hydrogen-bond acceptors (Lipinski definition) is 3. The first-order chi connectivity index (χ1) is 6.47. The normalized spacial score (nSPS) is 11.6. The van der Waals surface area contributed by atoms with Crippen molar-refractivity contribution < 1.29 is 13.5 Å². The van der Waals surface area contributed by atoms with E-state index in [1.54, 1.807) is 0 Å². The first-order valence-corrected chi connectivity index (χ1v) is 6.17. The summed E-state index contributed by atoms with van der Waals surface area (Å²) >= 11 is 11.3. The molecule has 0 amide bonds. The van der Waals surface area contributed by atoms with Crippen molar-refractivity contribution in [3.63, 3.8) is 0 Å². The van der Waals surface area contributed by atoms with Gasteiger partial charge < -0.3 is 5.11 Å². The van der Waals surface area contributed by atoms with Crippen LogP contribution in [0, 0.1) is 0 Å². The van der Waals surface area contributed by atoms with Crippen LogP contribution in [0.5, 0.6) is 0 Å². The van der Waals surface area contributed by atoms with Crippen molar-refractivity contribution in [3.05, 3.63) is 28.2 Å². The van der Waals surface area contributed by atoms with E-state index in [1.165, 1.54) is 18.2 Å². The number of hydrogen-bond donors (Lipinski definition) is 1. The minimum atomic E-state index is -3.50. The lowest BCUT2D eigenvalue weighted by atomic mass is 10.4. The predicted molar refractivity (Wildman–Crippen MR) is 55.6 cm³/mol. The first-order valence-electron chi connectivity index (χ1n) is 3.76. The van der Waals surface area contributed by atoms with Gasteiger partial charge in [0.2, 0.25) is 0 Å². The van der Waals surface area contributed by atoms with E-state index >= 15 is 0 Å². The smallest absolute Gasteiger partial charge is 0.182 e. The molecule has 0 aliphatic heterocycles. The maximum Gasteiger partial charge on any atom is 0.182 e. The summed E-state index contributed by atoms with van der Waals surface area (Å²) in [6, 6.07) is 4.13. The first kappa shape index (κ1) is 11.8. The molecule has 0 fully saturated rings. The SMILES string of the molecule is O=S(=O)(CCO)c1ccc(Cl)cc1Cl. The second kappa shape index (κ2) is 4.49. The zero-order valence-electron chi connectivity index (χ0n) is 7.07. The highest BCUT2D eigenvalue weighted by Gasteiger charge is 2.17. The van der Waals surface area contributed by atoms with Gasteiger partial charge in [0.25, 0.3) is 0 Å². The highest BCUT2D eigenvalue weighted by molar-refractivity contribution is 7.91. The third-order valence-electron chi connectivity index (χ3n) is 1.59. The largest absolute Gasteiger partial charge is 0.395 e. The topological polar surface area (TPSA) is 54.4 Å². The third kappa shape index (κ3) is 2.60. The Hall–Kier alpha value is -0.290. The fourth-order valence-electron chi connectivity index (χ4n) is 0.958. The number of rotatable bonds is 3. The Morgan fingerprint density at radius 1 is 1.29 bits per heavy atom. The van der Waals surface area contributed by atoms with E-state index in [4.69, 9.17) is 28.3 Å². The number of aliphatic hydroxyl groups excluding tert-OH is 1. The van der Waals surface area contributed by atoms with Gasteiger partial charge >= 0.3 is 0 Å². The molecule has 1 aromatic rings. The second-order valence-corrected chi connectivity index (χ2v) is 5.54. The average molecular weight is 255 g/mol. The van der Waals surface area contributed by atoms with E-state index in [0.717, 1.165) is 0 Å². The zero-order chi connectivity index (χ0) is 10.8. The maximum absolute atomic E-state index is 11.5. The molecule has 1 N–H and O–H groups in total. The Kier molecular flexibility index (Phi) is 3.78. The lowest BCUT2D eigenvalue weighted by Crippen LogP contribution is -2.10. The lowest BCUT2D eigenvalue weighted by molar-refractivity contribution is 0.319. The van der Waals surface area contributed by atoms with Gasteiger partial charge in [0.1, 0.15) is 0 Å². The van der Waals surface area contributed by atoms with Crippen LogP contribution in [0.2, 0.25) is 10.0 Å². The quantitative estimate of drug-likeness (QED) is 0.895. The van der Waals surface area contributed by atoms with Gasteiger partial charge in [-0.2, -0.15) is 0 Å². The van der Waals surface area contributed by atoms with Crippen molar-refractivity contribution in [1.82, 2.24) is 0 Å². The minimum Gasteiger partial charge on any atom is -0.395 e. The summed E-state index contributed by atoms with van der Waals surface area (Å²) in [4.78, 5) is -0.00221. The van der Waals surface area contributed by atoms with E-state index in [-0.39, 0.29) is 15.7 Å². The van der Waals surface area contributed by atoms with Gasteiger partial charge in [-0.15, -0.1) is 0 Å². The van der Waals surface area contributed by atoms with Crippen LogP contribution in [-0.4, -0.2) is 25.9 Å². The van der Waals surface area contributed by atoms with Crippen molar-refractivity contribution in [2.75, 3.05) is 12.4 Å². The van der Waals surface area contributed by atoms with E-state index in [9.17, 15) is 8.42 Å². The summed E-state index contributed by atoms with van der Waals surface area (Å²) in [5, 5.41) is 9.01. The Bertz CT molecular complexity index is 428. The summed E-state index contributed by atoms with van der Waals surface area (Å²) in [5.41, 5.74) is 0. The molecule has 0 saturated heterocycles. The molecule has 0 aliphatic rings. The standard InChI is InChI=1S/C8H8Cl2O3S/c9-6-1-2-8(7(10)5-6)14(12,13)4-3-11/h1-2,5,11H,3-4H2. The molecule has 6 heteroatoms. The average Bonchev–Trinajstić information content (AvgIpc) is 2.02. The zero-order valence-corrected chi connectivity index (χ0v) is 9.40. The van der Waals surface area contributed by atoms with Crippen LogP contribution in [0.15, 0.2) is 23.1 Å². The molecular formula is C8H8Cl2O3S. The monoisotopic (exact) mass is 254 g/mol.